The van der Waals surface area contributed by atoms with E-state index in [2.05, 4.69) is 25.5 Å². The van der Waals surface area contributed by atoms with Gasteiger partial charge >= 0.3 is 0 Å². The first-order valence-corrected chi connectivity index (χ1v) is 9.60. The number of nitrogens with one attached hydrogen (secondary N) is 1. The maximum atomic E-state index is 12.3. The average Bonchev–Trinajstić information content (AvgIpc) is 2.46. The van der Waals surface area contributed by atoms with Gasteiger partial charge < -0.3 is 5.11 Å². The van der Waals surface area contributed by atoms with Crippen LogP contribution in [0.5, 0.6) is 0 Å². The Morgan fingerprint density at radius 2 is 1.86 bits per heavy atom. The van der Waals surface area contributed by atoms with Crippen molar-refractivity contribution in [3.05, 3.63) is 0 Å². The van der Waals surface area contributed by atoms with Gasteiger partial charge in [-0.05, 0) is 30.6 Å². The summed E-state index contributed by atoms with van der Waals surface area (Å²) in [7, 11) is -3.38. The lowest BCUT2D eigenvalue weighted by Crippen LogP contribution is -2.47. The van der Waals surface area contributed by atoms with Crippen LogP contribution >= 0.6 is 0 Å². The molecular formula is C15H32N2O3S. The standard InChI is InChI=1S/C15H32N2O3S/c1-4-5-6-9-15(2,3)13-16-21(19,20)17-10-7-14(12-18)8-11-17/h14,16,18H,4-13H2,1-3H3. The summed E-state index contributed by atoms with van der Waals surface area (Å²) in [6, 6.07) is 0. The van der Waals surface area contributed by atoms with Gasteiger partial charge in [0.15, 0.2) is 0 Å². The van der Waals surface area contributed by atoms with Crippen molar-refractivity contribution in [3.63, 3.8) is 0 Å². The third kappa shape index (κ3) is 6.63. The molecule has 0 unspecified atom stereocenters. The third-order valence-electron chi connectivity index (χ3n) is 4.36. The van der Waals surface area contributed by atoms with E-state index in [-0.39, 0.29) is 17.9 Å². The van der Waals surface area contributed by atoms with Crippen molar-refractivity contribution >= 4 is 10.2 Å². The molecule has 0 bridgehead atoms. The fourth-order valence-corrected chi connectivity index (χ4v) is 4.10. The number of piperidine rings is 1. The lowest BCUT2D eigenvalue weighted by atomic mass is 9.87. The zero-order valence-electron chi connectivity index (χ0n) is 13.8. The van der Waals surface area contributed by atoms with Gasteiger partial charge in [-0.25, -0.2) is 4.72 Å². The molecule has 2 N–H and O–H groups in total. The van der Waals surface area contributed by atoms with E-state index in [4.69, 9.17) is 5.11 Å². The van der Waals surface area contributed by atoms with E-state index in [9.17, 15) is 8.42 Å². The predicted octanol–water partition coefficient (Wildman–Crippen LogP) is 2.13. The van der Waals surface area contributed by atoms with Crippen LogP contribution in [0, 0.1) is 11.3 Å². The minimum Gasteiger partial charge on any atom is -0.396 e. The number of unbranched alkanes of at least 4 members (excludes halogenated alkanes) is 2. The number of aliphatic hydroxyl groups is 1. The molecule has 5 nitrogen and oxygen atoms in total. The Bertz CT molecular complexity index is 388. The van der Waals surface area contributed by atoms with Gasteiger partial charge in [-0.3, -0.25) is 0 Å². The van der Waals surface area contributed by atoms with Crippen molar-refractivity contribution in [2.24, 2.45) is 11.3 Å². The molecule has 1 heterocycles. The van der Waals surface area contributed by atoms with Crippen molar-refractivity contribution in [2.75, 3.05) is 26.2 Å². The fraction of sp³-hybridized carbons (Fsp3) is 1.00. The first-order chi connectivity index (χ1) is 9.80. The summed E-state index contributed by atoms with van der Waals surface area (Å²) < 4.78 is 28.9. The highest BCUT2D eigenvalue weighted by molar-refractivity contribution is 7.87. The highest BCUT2D eigenvalue weighted by Crippen LogP contribution is 2.24. The van der Waals surface area contributed by atoms with E-state index < -0.39 is 10.2 Å². The lowest BCUT2D eigenvalue weighted by Gasteiger charge is -2.32. The summed E-state index contributed by atoms with van der Waals surface area (Å²) in [5.41, 5.74) is -0.00827. The second-order valence-corrected chi connectivity index (χ2v) is 8.73. The second kappa shape index (κ2) is 8.46. The number of aliphatic hydroxyl groups excluding tert-OH is 1. The Kier molecular flexibility index (Phi) is 7.60. The molecule has 0 aliphatic carbocycles. The fourth-order valence-electron chi connectivity index (χ4n) is 2.65. The van der Waals surface area contributed by atoms with Crippen LogP contribution in [0.3, 0.4) is 0 Å². The molecule has 0 aromatic carbocycles. The zero-order valence-corrected chi connectivity index (χ0v) is 14.6. The molecule has 126 valence electrons. The van der Waals surface area contributed by atoms with E-state index in [0.717, 1.165) is 25.7 Å². The molecule has 1 aliphatic heterocycles. The van der Waals surface area contributed by atoms with Gasteiger partial charge in [-0.1, -0.05) is 40.0 Å². The third-order valence-corrected chi connectivity index (χ3v) is 5.92. The largest absolute Gasteiger partial charge is 0.396 e. The molecule has 1 fully saturated rings. The van der Waals surface area contributed by atoms with Crippen LogP contribution < -0.4 is 4.72 Å². The molecule has 0 amide bonds. The average molecular weight is 320 g/mol. The molecule has 6 heteroatoms. The van der Waals surface area contributed by atoms with Crippen LogP contribution in [0.25, 0.3) is 0 Å². The molecule has 0 aromatic rings. The van der Waals surface area contributed by atoms with Gasteiger partial charge in [0.1, 0.15) is 0 Å². The van der Waals surface area contributed by atoms with Gasteiger partial charge in [0.25, 0.3) is 10.2 Å². The molecule has 0 saturated carbocycles. The van der Waals surface area contributed by atoms with Crippen LogP contribution in [0.4, 0.5) is 0 Å². The number of rotatable bonds is 9. The van der Waals surface area contributed by atoms with E-state index in [0.29, 0.717) is 19.6 Å². The Balaban J connectivity index is 2.42. The summed E-state index contributed by atoms with van der Waals surface area (Å²) in [6.45, 7) is 8.07. The Hall–Kier alpha value is -0.170. The maximum absolute atomic E-state index is 12.3. The molecular weight excluding hydrogens is 288 g/mol. The van der Waals surface area contributed by atoms with Crippen LogP contribution in [-0.4, -0.2) is 44.1 Å². The topological polar surface area (TPSA) is 69.6 Å². The van der Waals surface area contributed by atoms with Crippen molar-refractivity contribution in [1.29, 1.82) is 0 Å². The van der Waals surface area contributed by atoms with Crippen LogP contribution in [0.15, 0.2) is 0 Å². The molecule has 21 heavy (non-hydrogen) atoms. The number of hydrogen-bond donors (Lipinski definition) is 2. The smallest absolute Gasteiger partial charge is 0.279 e. The molecule has 1 rings (SSSR count). The SMILES string of the molecule is CCCCCC(C)(C)CNS(=O)(=O)N1CCC(CO)CC1. The Morgan fingerprint density at radius 3 is 2.38 bits per heavy atom. The van der Waals surface area contributed by atoms with Gasteiger partial charge in [-0.15, -0.1) is 0 Å². The summed E-state index contributed by atoms with van der Waals surface area (Å²) >= 11 is 0. The van der Waals surface area contributed by atoms with E-state index in [1.165, 1.54) is 17.1 Å². The first kappa shape index (κ1) is 18.9. The highest BCUT2D eigenvalue weighted by Gasteiger charge is 2.29. The molecule has 0 spiro atoms. The number of hydrogen-bond acceptors (Lipinski definition) is 3. The maximum Gasteiger partial charge on any atom is 0.279 e. The summed E-state index contributed by atoms with van der Waals surface area (Å²) in [5, 5.41) is 9.11. The summed E-state index contributed by atoms with van der Waals surface area (Å²) in [6.07, 6.45) is 6.06. The van der Waals surface area contributed by atoms with Gasteiger partial charge in [-0.2, -0.15) is 12.7 Å². The summed E-state index contributed by atoms with van der Waals surface area (Å²) in [5.74, 6) is 0.252. The van der Waals surface area contributed by atoms with Crippen LogP contribution in [0.2, 0.25) is 0 Å². The highest BCUT2D eigenvalue weighted by atomic mass is 32.2. The molecule has 1 aliphatic rings. The quantitative estimate of drug-likeness (QED) is 0.639. The molecule has 0 radical (unpaired) electrons. The van der Waals surface area contributed by atoms with Gasteiger partial charge in [0.2, 0.25) is 0 Å². The Labute approximate surface area is 130 Å². The van der Waals surface area contributed by atoms with Crippen molar-refractivity contribution in [1.82, 2.24) is 9.03 Å². The van der Waals surface area contributed by atoms with Crippen molar-refractivity contribution in [2.45, 2.75) is 59.3 Å². The van der Waals surface area contributed by atoms with Gasteiger partial charge in [0, 0.05) is 26.2 Å². The Morgan fingerprint density at radius 1 is 1.24 bits per heavy atom. The van der Waals surface area contributed by atoms with Crippen molar-refractivity contribution < 1.29 is 13.5 Å². The predicted molar refractivity (Wildman–Crippen MR) is 86.2 cm³/mol. The normalized spacial score (nSPS) is 19.0. The van der Waals surface area contributed by atoms with Gasteiger partial charge in [0.05, 0.1) is 0 Å². The van der Waals surface area contributed by atoms with Crippen molar-refractivity contribution in [3.8, 4) is 0 Å². The van der Waals surface area contributed by atoms with E-state index in [1.54, 1.807) is 0 Å². The second-order valence-electron chi connectivity index (χ2n) is 6.97. The minimum absolute atomic E-state index is 0.00827. The van der Waals surface area contributed by atoms with E-state index in [1.807, 2.05) is 0 Å². The lowest BCUT2D eigenvalue weighted by molar-refractivity contribution is 0.169. The summed E-state index contributed by atoms with van der Waals surface area (Å²) in [4.78, 5) is 0. The van der Waals surface area contributed by atoms with Crippen LogP contribution in [-0.2, 0) is 10.2 Å². The molecule has 0 atom stereocenters. The zero-order chi connectivity index (χ0) is 15.9. The van der Waals surface area contributed by atoms with E-state index >= 15 is 0 Å². The molecule has 0 aromatic heterocycles. The van der Waals surface area contributed by atoms with Crippen LogP contribution in [0.1, 0.15) is 59.3 Å². The first-order valence-electron chi connectivity index (χ1n) is 8.16. The molecule has 1 saturated heterocycles. The monoisotopic (exact) mass is 320 g/mol. The number of nitrogens with zero attached hydrogens (tertiary/aromatic N) is 1. The minimum atomic E-state index is -3.38.